The van der Waals surface area contributed by atoms with Gasteiger partial charge in [0.2, 0.25) is 0 Å². The summed E-state index contributed by atoms with van der Waals surface area (Å²) in [6, 6.07) is 14.8. The van der Waals surface area contributed by atoms with Crippen LogP contribution in [0.3, 0.4) is 0 Å². The van der Waals surface area contributed by atoms with E-state index in [9.17, 15) is 23.6 Å². The molecule has 0 spiro atoms. The van der Waals surface area contributed by atoms with Crippen LogP contribution in [-0.4, -0.2) is 19.5 Å². The molecule has 1 saturated carbocycles. The predicted molar refractivity (Wildman–Crippen MR) is 116 cm³/mol. The summed E-state index contributed by atoms with van der Waals surface area (Å²) in [5.74, 6) is -1.37. The summed E-state index contributed by atoms with van der Waals surface area (Å²) < 4.78 is 27.4. The minimum absolute atomic E-state index is 0.0578. The molecule has 8 heteroatoms. The van der Waals surface area contributed by atoms with Gasteiger partial charge in [-0.2, -0.15) is 5.26 Å². The lowest BCUT2D eigenvalue weighted by molar-refractivity contribution is 0.0696. The van der Waals surface area contributed by atoms with Crippen molar-refractivity contribution in [2.24, 2.45) is 0 Å². The average Bonchev–Trinajstić information content (AvgIpc) is 3.48. The van der Waals surface area contributed by atoms with Crippen LogP contribution < -0.4 is 0 Å². The van der Waals surface area contributed by atoms with Gasteiger partial charge in [0.1, 0.15) is 0 Å². The van der Waals surface area contributed by atoms with E-state index in [2.05, 4.69) is 0 Å². The molecule has 2 aromatic carbocycles. The van der Waals surface area contributed by atoms with Crippen molar-refractivity contribution in [3.63, 3.8) is 0 Å². The molecule has 4 rings (SSSR count). The maximum atomic E-state index is 13.4. The maximum Gasteiger partial charge on any atom is 0.335 e. The van der Waals surface area contributed by atoms with E-state index in [-0.39, 0.29) is 22.1 Å². The van der Waals surface area contributed by atoms with Crippen molar-refractivity contribution in [1.29, 1.82) is 5.26 Å². The molecule has 3 aromatic rings. The SMILES string of the molecule is N#Cc1ccc(-c2ccc(Cl)s2)c(CS(=O)(=O)c2cc(C(=O)O)ccc2C2CC2)c1. The molecular weight excluding hydrogens is 442 g/mol. The third kappa shape index (κ3) is 4.12. The topological polar surface area (TPSA) is 95.2 Å². The molecule has 1 aliphatic rings. The predicted octanol–water partition coefficient (Wildman–Crippen LogP) is 5.49. The Hall–Kier alpha value is -2.66. The van der Waals surface area contributed by atoms with Gasteiger partial charge in [-0.25, -0.2) is 13.2 Å². The first-order chi connectivity index (χ1) is 14.3. The van der Waals surface area contributed by atoms with Gasteiger partial charge in [0.05, 0.1) is 32.2 Å². The largest absolute Gasteiger partial charge is 0.478 e. The third-order valence-corrected chi connectivity index (χ3v) is 8.01. The van der Waals surface area contributed by atoms with Gasteiger partial charge in [0, 0.05) is 4.88 Å². The second kappa shape index (κ2) is 7.88. The first kappa shape index (κ1) is 20.6. The number of hydrogen-bond donors (Lipinski definition) is 1. The van der Waals surface area contributed by atoms with E-state index in [4.69, 9.17) is 11.6 Å². The Balaban J connectivity index is 1.82. The van der Waals surface area contributed by atoms with E-state index in [1.165, 1.54) is 23.5 Å². The summed E-state index contributed by atoms with van der Waals surface area (Å²) in [6.45, 7) is 0. The molecule has 0 saturated heterocycles. The number of sulfone groups is 1. The highest BCUT2D eigenvalue weighted by molar-refractivity contribution is 7.90. The number of halogens is 1. The fourth-order valence-corrected chi connectivity index (χ4v) is 6.24. The lowest BCUT2D eigenvalue weighted by Gasteiger charge is -2.14. The van der Waals surface area contributed by atoms with Crippen LogP contribution in [0.25, 0.3) is 10.4 Å². The van der Waals surface area contributed by atoms with Crippen molar-refractivity contribution in [3.05, 3.63) is 75.1 Å². The maximum absolute atomic E-state index is 13.4. The summed E-state index contributed by atoms with van der Waals surface area (Å²) in [7, 11) is -3.85. The molecule has 0 aliphatic heterocycles. The highest BCUT2D eigenvalue weighted by atomic mass is 35.5. The van der Waals surface area contributed by atoms with E-state index in [0.29, 0.717) is 26.6 Å². The molecule has 1 fully saturated rings. The van der Waals surface area contributed by atoms with Crippen molar-refractivity contribution < 1.29 is 18.3 Å². The number of thiophene rings is 1. The van der Waals surface area contributed by atoms with E-state index in [1.54, 1.807) is 30.3 Å². The highest BCUT2D eigenvalue weighted by Crippen LogP contribution is 2.44. The average molecular weight is 458 g/mol. The number of carboxylic acids is 1. The summed E-state index contributed by atoms with van der Waals surface area (Å²) in [5, 5.41) is 18.6. The molecule has 1 N–H and O–H groups in total. The van der Waals surface area contributed by atoms with Crippen LogP contribution >= 0.6 is 22.9 Å². The van der Waals surface area contributed by atoms with Gasteiger partial charge in [-0.1, -0.05) is 23.7 Å². The molecule has 0 bridgehead atoms. The number of benzene rings is 2. The monoisotopic (exact) mass is 457 g/mol. The molecule has 30 heavy (non-hydrogen) atoms. The minimum atomic E-state index is -3.85. The molecule has 1 aromatic heterocycles. The first-order valence-electron chi connectivity index (χ1n) is 9.17. The summed E-state index contributed by atoms with van der Waals surface area (Å²) in [5.41, 5.74) is 2.13. The van der Waals surface area contributed by atoms with Crippen LogP contribution in [0, 0.1) is 11.3 Å². The normalized spacial score (nSPS) is 13.7. The quantitative estimate of drug-likeness (QED) is 0.528. The van der Waals surface area contributed by atoms with Crippen LogP contribution in [0.2, 0.25) is 4.34 Å². The number of aromatic carboxylic acids is 1. The number of nitriles is 1. The Morgan fingerprint density at radius 2 is 1.93 bits per heavy atom. The molecule has 1 aliphatic carbocycles. The Labute approximate surface area is 183 Å². The molecule has 0 unspecified atom stereocenters. The second-order valence-electron chi connectivity index (χ2n) is 7.18. The Kier molecular flexibility index (Phi) is 5.41. The summed E-state index contributed by atoms with van der Waals surface area (Å²) in [4.78, 5) is 12.3. The Morgan fingerprint density at radius 1 is 1.17 bits per heavy atom. The molecule has 0 amide bonds. The summed E-state index contributed by atoms with van der Waals surface area (Å²) in [6.07, 6.45) is 1.77. The van der Waals surface area contributed by atoms with Crippen molar-refractivity contribution in [2.75, 3.05) is 0 Å². The standard InChI is InChI=1S/C22H16ClNO4S2/c23-21-8-7-19(29-21)17-5-1-13(11-24)9-16(17)12-30(27,28)20-10-15(22(25)26)4-6-18(20)14-2-3-14/h1,4-10,14H,2-3,12H2,(H,25,26). The number of rotatable bonds is 6. The highest BCUT2D eigenvalue weighted by Gasteiger charge is 2.31. The van der Waals surface area contributed by atoms with Crippen molar-refractivity contribution in [1.82, 2.24) is 0 Å². The molecule has 1 heterocycles. The molecule has 0 atom stereocenters. The van der Waals surface area contributed by atoms with E-state index in [0.717, 1.165) is 17.7 Å². The molecule has 5 nitrogen and oxygen atoms in total. The lowest BCUT2D eigenvalue weighted by atomic mass is 10.0. The lowest BCUT2D eigenvalue weighted by Crippen LogP contribution is -2.11. The molecule has 0 radical (unpaired) electrons. The smallest absolute Gasteiger partial charge is 0.335 e. The van der Waals surface area contributed by atoms with Crippen LogP contribution in [0.5, 0.6) is 0 Å². The van der Waals surface area contributed by atoms with E-state index < -0.39 is 15.8 Å². The number of hydrogen-bond acceptors (Lipinski definition) is 5. The zero-order valence-corrected chi connectivity index (χ0v) is 18.0. The van der Waals surface area contributed by atoms with Gasteiger partial charge in [-0.05, 0) is 71.8 Å². The zero-order chi connectivity index (χ0) is 21.5. The third-order valence-electron chi connectivity index (χ3n) is 5.03. The number of carbonyl (C=O) groups is 1. The van der Waals surface area contributed by atoms with Crippen LogP contribution in [0.1, 0.15) is 45.8 Å². The van der Waals surface area contributed by atoms with Gasteiger partial charge in [0.25, 0.3) is 0 Å². The fourth-order valence-electron chi connectivity index (χ4n) is 3.43. The first-order valence-corrected chi connectivity index (χ1v) is 12.0. The van der Waals surface area contributed by atoms with Crippen LogP contribution in [0.15, 0.2) is 53.4 Å². The second-order valence-corrected chi connectivity index (χ2v) is 10.9. The van der Waals surface area contributed by atoms with Gasteiger partial charge in [-0.3, -0.25) is 0 Å². The molecular formula is C22H16ClNO4S2. The van der Waals surface area contributed by atoms with Crippen LogP contribution in [0.4, 0.5) is 0 Å². The van der Waals surface area contributed by atoms with Crippen molar-refractivity contribution in [2.45, 2.75) is 29.4 Å². The number of carboxylic acid groups (broad SMARTS) is 1. The van der Waals surface area contributed by atoms with E-state index in [1.807, 2.05) is 12.1 Å². The van der Waals surface area contributed by atoms with Crippen molar-refractivity contribution >= 4 is 38.7 Å². The van der Waals surface area contributed by atoms with E-state index >= 15 is 0 Å². The van der Waals surface area contributed by atoms with Crippen molar-refractivity contribution in [3.8, 4) is 16.5 Å². The molecule has 152 valence electrons. The Bertz CT molecular complexity index is 1300. The Morgan fingerprint density at radius 3 is 2.53 bits per heavy atom. The van der Waals surface area contributed by atoms with Gasteiger partial charge in [-0.15, -0.1) is 11.3 Å². The fraction of sp³-hybridized carbons (Fsp3) is 0.182. The minimum Gasteiger partial charge on any atom is -0.478 e. The van der Waals surface area contributed by atoms with Gasteiger partial charge >= 0.3 is 5.97 Å². The number of nitrogens with zero attached hydrogens (tertiary/aromatic N) is 1. The van der Waals surface area contributed by atoms with Gasteiger partial charge < -0.3 is 5.11 Å². The van der Waals surface area contributed by atoms with Gasteiger partial charge in [0.15, 0.2) is 9.84 Å². The van der Waals surface area contributed by atoms with Crippen LogP contribution in [-0.2, 0) is 15.6 Å². The zero-order valence-electron chi connectivity index (χ0n) is 15.6. The summed E-state index contributed by atoms with van der Waals surface area (Å²) >= 11 is 7.38.